The second kappa shape index (κ2) is 5.86. The van der Waals surface area contributed by atoms with Crippen molar-refractivity contribution >= 4 is 21.8 Å². The van der Waals surface area contributed by atoms with E-state index in [2.05, 4.69) is 15.9 Å². The summed E-state index contributed by atoms with van der Waals surface area (Å²) in [7, 11) is 0. The molecule has 0 unspecified atom stereocenters. The number of rotatable bonds is 1. The number of carbonyl (C=O) groups is 1. The molecule has 1 aromatic rings. The third-order valence-corrected chi connectivity index (χ3v) is 5.36. The summed E-state index contributed by atoms with van der Waals surface area (Å²) in [5.74, 6) is 0.187. The predicted octanol–water partition coefficient (Wildman–Crippen LogP) is 2.91. The summed E-state index contributed by atoms with van der Waals surface area (Å²) in [6, 6.07) is 7.70. The maximum absolute atomic E-state index is 12.5. The van der Waals surface area contributed by atoms with Crippen molar-refractivity contribution in [1.29, 1.82) is 0 Å². The van der Waals surface area contributed by atoms with Crippen LogP contribution in [0, 0.1) is 0 Å². The molecule has 2 aliphatic heterocycles. The minimum Gasteiger partial charge on any atom is -0.327 e. The Balaban J connectivity index is 1.62. The molecular weight excluding hydrogens is 316 g/mol. The zero-order chi connectivity index (χ0) is 14.0. The maximum Gasteiger partial charge on any atom is 0.254 e. The number of nitrogens with zero attached hydrogens (tertiary/aromatic N) is 2. The Kier molecular flexibility index (Phi) is 4.13. The molecule has 0 aromatic heterocycles. The molecule has 1 amide bonds. The number of amides is 1. The van der Waals surface area contributed by atoms with Crippen LogP contribution in [0.4, 0.5) is 0 Å². The number of piperidine rings is 1. The molecular formula is C16H22BrN2O+. The summed E-state index contributed by atoms with van der Waals surface area (Å²) in [5, 5.41) is 0. The topological polar surface area (TPSA) is 20.3 Å². The third kappa shape index (κ3) is 2.91. The lowest BCUT2D eigenvalue weighted by Crippen LogP contribution is -2.62. The molecule has 0 radical (unpaired) electrons. The minimum atomic E-state index is 0.187. The van der Waals surface area contributed by atoms with Gasteiger partial charge in [-0.2, -0.15) is 0 Å². The van der Waals surface area contributed by atoms with Crippen LogP contribution in [0.3, 0.4) is 0 Å². The van der Waals surface area contributed by atoms with Gasteiger partial charge in [0.25, 0.3) is 5.91 Å². The largest absolute Gasteiger partial charge is 0.327 e. The molecule has 4 heteroatoms. The van der Waals surface area contributed by atoms with Crippen molar-refractivity contribution in [3.63, 3.8) is 0 Å². The predicted molar refractivity (Wildman–Crippen MR) is 83.6 cm³/mol. The van der Waals surface area contributed by atoms with Gasteiger partial charge in [-0.1, -0.05) is 15.9 Å². The van der Waals surface area contributed by atoms with Crippen LogP contribution in [-0.4, -0.2) is 54.6 Å². The average molecular weight is 338 g/mol. The lowest BCUT2D eigenvalue weighted by Gasteiger charge is -2.47. The Morgan fingerprint density at radius 3 is 2.15 bits per heavy atom. The van der Waals surface area contributed by atoms with Crippen molar-refractivity contribution < 1.29 is 9.28 Å². The highest BCUT2D eigenvalue weighted by atomic mass is 79.9. The molecule has 2 heterocycles. The van der Waals surface area contributed by atoms with Crippen LogP contribution in [0.5, 0.6) is 0 Å². The van der Waals surface area contributed by atoms with E-state index in [0.717, 1.165) is 36.2 Å². The van der Waals surface area contributed by atoms with Crippen LogP contribution in [0.2, 0.25) is 0 Å². The molecule has 0 bridgehead atoms. The van der Waals surface area contributed by atoms with Gasteiger partial charge in [-0.25, -0.2) is 0 Å². The van der Waals surface area contributed by atoms with Gasteiger partial charge < -0.3 is 9.38 Å². The zero-order valence-electron chi connectivity index (χ0n) is 11.9. The highest BCUT2D eigenvalue weighted by Gasteiger charge is 2.35. The molecule has 108 valence electrons. The Morgan fingerprint density at radius 1 is 0.950 bits per heavy atom. The van der Waals surface area contributed by atoms with Gasteiger partial charge in [0, 0.05) is 10.0 Å². The van der Waals surface area contributed by atoms with Crippen LogP contribution in [0.25, 0.3) is 0 Å². The van der Waals surface area contributed by atoms with Crippen molar-refractivity contribution in [2.24, 2.45) is 0 Å². The molecule has 0 atom stereocenters. The van der Waals surface area contributed by atoms with E-state index in [0.29, 0.717) is 0 Å². The highest BCUT2D eigenvalue weighted by Crippen LogP contribution is 2.22. The van der Waals surface area contributed by atoms with Gasteiger partial charge in [0.2, 0.25) is 0 Å². The van der Waals surface area contributed by atoms with Crippen LogP contribution in [-0.2, 0) is 0 Å². The van der Waals surface area contributed by atoms with Crippen molar-refractivity contribution in [2.45, 2.75) is 19.3 Å². The van der Waals surface area contributed by atoms with Crippen LogP contribution in [0.15, 0.2) is 28.7 Å². The van der Waals surface area contributed by atoms with Gasteiger partial charge in [-0.05, 0) is 43.5 Å². The van der Waals surface area contributed by atoms with E-state index in [1.165, 1.54) is 36.8 Å². The molecule has 20 heavy (non-hydrogen) atoms. The summed E-state index contributed by atoms with van der Waals surface area (Å²) >= 11 is 3.41. The van der Waals surface area contributed by atoms with E-state index in [9.17, 15) is 4.79 Å². The van der Waals surface area contributed by atoms with E-state index in [1.807, 2.05) is 29.2 Å². The summed E-state index contributed by atoms with van der Waals surface area (Å²) in [5.41, 5.74) is 0.806. The van der Waals surface area contributed by atoms with Crippen molar-refractivity contribution in [1.82, 2.24) is 4.90 Å². The minimum absolute atomic E-state index is 0.187. The first-order chi connectivity index (χ1) is 9.69. The van der Waals surface area contributed by atoms with E-state index in [-0.39, 0.29) is 5.91 Å². The fraction of sp³-hybridized carbons (Fsp3) is 0.562. The summed E-state index contributed by atoms with van der Waals surface area (Å²) in [4.78, 5) is 14.5. The molecule has 2 fully saturated rings. The fourth-order valence-corrected chi connectivity index (χ4v) is 3.76. The fourth-order valence-electron chi connectivity index (χ4n) is 3.50. The SMILES string of the molecule is O=C(c1ccc(Br)cc1)N1CC[N+]2(CCCCC2)CC1. The smallest absolute Gasteiger partial charge is 0.254 e. The molecule has 2 aliphatic rings. The van der Waals surface area contributed by atoms with Crippen molar-refractivity contribution in [3.8, 4) is 0 Å². The van der Waals surface area contributed by atoms with Crippen molar-refractivity contribution in [3.05, 3.63) is 34.3 Å². The monoisotopic (exact) mass is 337 g/mol. The first-order valence-corrected chi connectivity index (χ1v) is 8.38. The zero-order valence-corrected chi connectivity index (χ0v) is 13.4. The average Bonchev–Trinajstić information content (AvgIpc) is 2.49. The quantitative estimate of drug-likeness (QED) is 0.721. The van der Waals surface area contributed by atoms with E-state index in [4.69, 9.17) is 0 Å². The molecule has 0 aliphatic carbocycles. The summed E-state index contributed by atoms with van der Waals surface area (Å²) in [6.45, 7) is 6.74. The summed E-state index contributed by atoms with van der Waals surface area (Å²) < 4.78 is 2.27. The number of hydrogen-bond donors (Lipinski definition) is 0. The van der Waals surface area contributed by atoms with Crippen LogP contribution in [0.1, 0.15) is 29.6 Å². The molecule has 2 saturated heterocycles. The van der Waals surface area contributed by atoms with Crippen molar-refractivity contribution in [2.75, 3.05) is 39.3 Å². The normalized spacial score (nSPS) is 21.9. The Bertz CT molecular complexity index is 470. The second-order valence-electron chi connectivity index (χ2n) is 6.10. The second-order valence-corrected chi connectivity index (χ2v) is 7.01. The number of hydrogen-bond acceptors (Lipinski definition) is 1. The number of halogens is 1. The highest BCUT2D eigenvalue weighted by molar-refractivity contribution is 9.10. The Morgan fingerprint density at radius 2 is 1.55 bits per heavy atom. The number of benzene rings is 1. The first-order valence-electron chi connectivity index (χ1n) is 7.59. The van der Waals surface area contributed by atoms with Gasteiger partial charge in [-0.15, -0.1) is 0 Å². The third-order valence-electron chi connectivity index (χ3n) is 4.83. The Hall–Kier alpha value is -0.870. The van der Waals surface area contributed by atoms with Gasteiger partial charge >= 0.3 is 0 Å². The van der Waals surface area contributed by atoms with Gasteiger partial charge in [-0.3, -0.25) is 4.79 Å². The molecule has 3 rings (SSSR count). The number of piperazine rings is 1. The van der Waals surface area contributed by atoms with Gasteiger partial charge in [0.1, 0.15) is 0 Å². The van der Waals surface area contributed by atoms with E-state index < -0.39 is 0 Å². The van der Waals surface area contributed by atoms with E-state index >= 15 is 0 Å². The molecule has 1 aromatic carbocycles. The van der Waals surface area contributed by atoms with Gasteiger partial charge in [0.15, 0.2) is 0 Å². The number of carbonyl (C=O) groups excluding carboxylic acids is 1. The standard InChI is InChI=1S/C16H22BrN2O/c17-15-6-4-14(5-7-15)16(20)18-8-12-19(13-9-18)10-2-1-3-11-19/h4-7H,1-3,8-13H2/q+1. The number of quaternary nitrogens is 1. The lowest BCUT2D eigenvalue weighted by atomic mass is 10.1. The van der Waals surface area contributed by atoms with Gasteiger partial charge in [0.05, 0.1) is 39.3 Å². The van der Waals surface area contributed by atoms with Crippen LogP contribution >= 0.6 is 15.9 Å². The Labute approximate surface area is 129 Å². The molecule has 1 spiro atoms. The van der Waals surface area contributed by atoms with E-state index in [1.54, 1.807) is 0 Å². The molecule has 0 saturated carbocycles. The van der Waals surface area contributed by atoms with Crippen LogP contribution < -0.4 is 0 Å². The first kappa shape index (κ1) is 14.1. The summed E-state index contributed by atoms with van der Waals surface area (Å²) in [6.07, 6.45) is 4.11. The maximum atomic E-state index is 12.5. The molecule has 3 nitrogen and oxygen atoms in total. The molecule has 0 N–H and O–H groups in total. The lowest BCUT2D eigenvalue weighted by molar-refractivity contribution is -0.935.